The van der Waals surface area contributed by atoms with Crippen LogP contribution in [0.1, 0.15) is 34.6 Å². The number of nitriles is 1. The Morgan fingerprint density at radius 2 is 1.92 bits per heavy atom. The summed E-state index contributed by atoms with van der Waals surface area (Å²) in [6, 6.07) is 5.61. The zero-order valence-electron chi connectivity index (χ0n) is 15.0. The van der Waals surface area contributed by atoms with E-state index in [1.807, 2.05) is 0 Å². The van der Waals surface area contributed by atoms with E-state index in [9.17, 15) is 10.1 Å². The van der Waals surface area contributed by atoms with E-state index in [0.717, 1.165) is 12.8 Å². The minimum Gasteiger partial charge on any atom is -0.493 e. The van der Waals surface area contributed by atoms with E-state index in [1.54, 1.807) is 12.1 Å². The number of hydrogen-bond donors (Lipinski definition) is 2. The van der Waals surface area contributed by atoms with E-state index in [0.29, 0.717) is 39.6 Å². The second-order valence-electron chi connectivity index (χ2n) is 6.06. The standard InChI is InChI=1S/C19H21N3O4/c1-24-14-7-6-11(18(25-2)19(14)26-3)15-12(8-20)22-13(9-21)16(15)17(23)10-4-5-10/h6-7,10,22H,4-5,8,20H2,1-3H3. The highest BCUT2D eigenvalue weighted by Gasteiger charge is 2.36. The normalized spacial score (nSPS) is 13.2. The van der Waals surface area contributed by atoms with Crippen molar-refractivity contribution in [1.29, 1.82) is 5.26 Å². The molecule has 1 heterocycles. The van der Waals surface area contributed by atoms with Crippen LogP contribution < -0.4 is 19.9 Å². The predicted molar refractivity (Wildman–Crippen MR) is 95.5 cm³/mol. The fourth-order valence-corrected chi connectivity index (χ4v) is 3.18. The molecule has 3 N–H and O–H groups in total. The Morgan fingerprint density at radius 1 is 1.23 bits per heavy atom. The number of aromatic amines is 1. The van der Waals surface area contributed by atoms with Gasteiger partial charge in [0.1, 0.15) is 11.8 Å². The number of methoxy groups -OCH3 is 3. The highest BCUT2D eigenvalue weighted by molar-refractivity contribution is 6.08. The molecule has 0 atom stereocenters. The fourth-order valence-electron chi connectivity index (χ4n) is 3.18. The molecule has 2 aromatic rings. The maximum atomic E-state index is 12.9. The van der Waals surface area contributed by atoms with Crippen molar-refractivity contribution in [3.8, 4) is 34.4 Å². The van der Waals surface area contributed by atoms with E-state index < -0.39 is 0 Å². The van der Waals surface area contributed by atoms with Crippen LogP contribution >= 0.6 is 0 Å². The number of ketones is 1. The molecule has 0 amide bonds. The summed E-state index contributed by atoms with van der Waals surface area (Å²) in [4.78, 5) is 15.9. The fraction of sp³-hybridized carbons (Fsp3) is 0.368. The van der Waals surface area contributed by atoms with Gasteiger partial charge in [-0.05, 0) is 25.0 Å². The number of Topliss-reactive ketones (excluding diaryl/α,β-unsaturated/α-hetero) is 1. The van der Waals surface area contributed by atoms with Crippen LogP contribution in [0.2, 0.25) is 0 Å². The Balaban J connectivity index is 2.31. The van der Waals surface area contributed by atoms with Gasteiger partial charge in [-0.1, -0.05) is 0 Å². The van der Waals surface area contributed by atoms with Gasteiger partial charge in [0, 0.05) is 29.3 Å². The van der Waals surface area contributed by atoms with Crippen molar-refractivity contribution >= 4 is 5.78 Å². The average Bonchev–Trinajstić information content (AvgIpc) is 3.46. The molecule has 0 saturated heterocycles. The maximum absolute atomic E-state index is 12.9. The number of carbonyl (C=O) groups excluding carboxylic acids is 1. The van der Waals surface area contributed by atoms with E-state index in [2.05, 4.69) is 11.1 Å². The van der Waals surface area contributed by atoms with Crippen LogP contribution in [0.25, 0.3) is 11.1 Å². The summed E-state index contributed by atoms with van der Waals surface area (Å²) in [5.74, 6) is 1.28. The number of benzene rings is 1. The maximum Gasteiger partial charge on any atom is 0.203 e. The van der Waals surface area contributed by atoms with Gasteiger partial charge in [0.15, 0.2) is 17.3 Å². The number of hydrogen-bond acceptors (Lipinski definition) is 6. The largest absolute Gasteiger partial charge is 0.493 e. The van der Waals surface area contributed by atoms with Crippen molar-refractivity contribution in [3.05, 3.63) is 29.1 Å². The van der Waals surface area contributed by atoms with E-state index in [-0.39, 0.29) is 23.9 Å². The van der Waals surface area contributed by atoms with Crippen molar-refractivity contribution in [3.63, 3.8) is 0 Å². The Morgan fingerprint density at radius 3 is 2.42 bits per heavy atom. The molecule has 0 aliphatic heterocycles. The Bertz CT molecular complexity index is 891. The van der Waals surface area contributed by atoms with Gasteiger partial charge < -0.3 is 24.9 Å². The molecular weight excluding hydrogens is 334 g/mol. The topological polar surface area (TPSA) is 110 Å². The number of nitrogens with two attached hydrogens (primary N) is 1. The second-order valence-corrected chi connectivity index (χ2v) is 6.06. The van der Waals surface area contributed by atoms with Gasteiger partial charge >= 0.3 is 0 Å². The number of aromatic nitrogens is 1. The lowest BCUT2D eigenvalue weighted by Crippen LogP contribution is -2.06. The van der Waals surface area contributed by atoms with Crippen LogP contribution in [-0.2, 0) is 6.54 Å². The number of ether oxygens (including phenoxy) is 3. The monoisotopic (exact) mass is 355 g/mol. The molecule has 3 rings (SSSR count). The number of carbonyl (C=O) groups is 1. The van der Waals surface area contributed by atoms with Crippen LogP contribution in [-0.4, -0.2) is 32.1 Å². The molecule has 1 aliphatic carbocycles. The first-order valence-electron chi connectivity index (χ1n) is 8.29. The first kappa shape index (κ1) is 17.8. The van der Waals surface area contributed by atoms with Crippen molar-refractivity contribution in [2.75, 3.05) is 21.3 Å². The molecule has 0 bridgehead atoms. The zero-order chi connectivity index (χ0) is 18.8. The van der Waals surface area contributed by atoms with Crippen molar-refractivity contribution in [2.45, 2.75) is 19.4 Å². The van der Waals surface area contributed by atoms with Crippen molar-refractivity contribution < 1.29 is 19.0 Å². The molecule has 0 spiro atoms. The molecule has 136 valence electrons. The molecule has 0 radical (unpaired) electrons. The molecular formula is C19H21N3O4. The van der Waals surface area contributed by atoms with Gasteiger partial charge in [0.05, 0.1) is 26.9 Å². The lowest BCUT2D eigenvalue weighted by Gasteiger charge is -2.17. The molecule has 1 saturated carbocycles. The number of rotatable bonds is 7. The third-order valence-corrected chi connectivity index (χ3v) is 4.56. The second kappa shape index (κ2) is 7.10. The third kappa shape index (κ3) is 2.78. The lowest BCUT2D eigenvalue weighted by atomic mass is 9.94. The Kier molecular flexibility index (Phi) is 4.87. The minimum absolute atomic E-state index is 0.0339. The van der Waals surface area contributed by atoms with Crippen molar-refractivity contribution in [1.82, 2.24) is 4.98 Å². The van der Waals surface area contributed by atoms with Crippen molar-refractivity contribution in [2.24, 2.45) is 11.7 Å². The van der Waals surface area contributed by atoms with Crippen LogP contribution in [0.3, 0.4) is 0 Å². The van der Waals surface area contributed by atoms with E-state index >= 15 is 0 Å². The highest BCUT2D eigenvalue weighted by atomic mass is 16.5. The first-order valence-corrected chi connectivity index (χ1v) is 8.29. The smallest absolute Gasteiger partial charge is 0.203 e. The Hall–Kier alpha value is -2.98. The summed E-state index contributed by atoms with van der Waals surface area (Å²) in [5.41, 5.74) is 8.33. The molecule has 0 unspecified atom stereocenters. The SMILES string of the molecule is COc1ccc(-c2c(CN)[nH]c(C#N)c2C(=O)C2CC2)c(OC)c1OC. The highest BCUT2D eigenvalue weighted by Crippen LogP contribution is 2.47. The summed E-state index contributed by atoms with van der Waals surface area (Å²) in [7, 11) is 4.57. The summed E-state index contributed by atoms with van der Waals surface area (Å²) in [6.45, 7) is 0.152. The van der Waals surface area contributed by atoms with Crippen LogP contribution in [0.5, 0.6) is 17.2 Å². The molecule has 26 heavy (non-hydrogen) atoms. The molecule has 1 fully saturated rings. The van der Waals surface area contributed by atoms with Gasteiger partial charge in [0.25, 0.3) is 0 Å². The van der Waals surface area contributed by atoms with E-state index in [4.69, 9.17) is 19.9 Å². The predicted octanol–water partition coefficient (Wildman–Crippen LogP) is 2.63. The number of nitrogens with zero attached hydrogens (tertiary/aromatic N) is 1. The summed E-state index contributed by atoms with van der Waals surface area (Å²) >= 11 is 0. The van der Waals surface area contributed by atoms with Gasteiger partial charge in [-0.25, -0.2) is 0 Å². The summed E-state index contributed by atoms with van der Waals surface area (Å²) in [6.07, 6.45) is 1.69. The van der Waals surface area contributed by atoms with Crippen LogP contribution in [0.4, 0.5) is 0 Å². The van der Waals surface area contributed by atoms with Crippen LogP contribution in [0.15, 0.2) is 12.1 Å². The van der Waals surface area contributed by atoms with Gasteiger partial charge in [-0.2, -0.15) is 5.26 Å². The molecule has 7 nitrogen and oxygen atoms in total. The van der Waals surface area contributed by atoms with Gasteiger partial charge in [0.2, 0.25) is 5.75 Å². The Labute approximate surface area is 151 Å². The van der Waals surface area contributed by atoms with Crippen LogP contribution in [0, 0.1) is 17.2 Å². The molecule has 1 aromatic carbocycles. The zero-order valence-corrected chi connectivity index (χ0v) is 15.0. The molecule has 7 heteroatoms. The number of nitrogens with one attached hydrogen (secondary N) is 1. The number of H-pyrrole nitrogens is 1. The van der Waals surface area contributed by atoms with E-state index in [1.165, 1.54) is 21.3 Å². The summed E-state index contributed by atoms with van der Waals surface area (Å²) in [5, 5.41) is 9.51. The van der Waals surface area contributed by atoms with Gasteiger partial charge in [-0.15, -0.1) is 0 Å². The quantitative estimate of drug-likeness (QED) is 0.739. The van der Waals surface area contributed by atoms with Gasteiger partial charge in [-0.3, -0.25) is 4.79 Å². The molecule has 1 aromatic heterocycles. The third-order valence-electron chi connectivity index (χ3n) is 4.56. The average molecular weight is 355 g/mol. The lowest BCUT2D eigenvalue weighted by molar-refractivity contribution is 0.0968. The minimum atomic E-state index is -0.0377. The summed E-state index contributed by atoms with van der Waals surface area (Å²) < 4.78 is 16.3. The first-order chi connectivity index (χ1) is 12.6. The molecule has 1 aliphatic rings.